The van der Waals surface area contributed by atoms with E-state index < -0.39 is 10.0 Å². The van der Waals surface area contributed by atoms with E-state index in [0.29, 0.717) is 18.2 Å². The van der Waals surface area contributed by atoms with Gasteiger partial charge in [-0.05, 0) is 25.5 Å². The Morgan fingerprint density at radius 3 is 2.83 bits per heavy atom. The largest absolute Gasteiger partial charge is 0.385 e. The predicted octanol–water partition coefficient (Wildman–Crippen LogP) is 1.82. The molecule has 0 atom stereocenters. The highest BCUT2D eigenvalue weighted by Crippen LogP contribution is 2.11. The molecule has 0 bridgehead atoms. The van der Waals surface area contributed by atoms with E-state index in [1.807, 2.05) is 6.07 Å². The Morgan fingerprint density at radius 2 is 2.22 bits per heavy atom. The number of hydrogen-bond acceptors (Lipinski definition) is 4. The van der Waals surface area contributed by atoms with Crippen molar-refractivity contribution in [3.05, 3.63) is 23.5 Å². The Balaban J connectivity index is 2.31. The molecule has 7 heteroatoms. The highest BCUT2D eigenvalue weighted by Gasteiger charge is 2.13. The van der Waals surface area contributed by atoms with Crippen LogP contribution in [0.2, 0.25) is 5.15 Å². The van der Waals surface area contributed by atoms with Gasteiger partial charge < -0.3 is 5.32 Å². The highest BCUT2D eigenvalue weighted by atomic mass is 35.5. The zero-order chi connectivity index (χ0) is 13.6. The molecule has 0 aromatic carbocycles. The third-order valence-electron chi connectivity index (χ3n) is 2.55. The summed E-state index contributed by atoms with van der Waals surface area (Å²) < 4.78 is 24.4. The molecule has 0 fully saturated rings. The number of anilines is 1. The summed E-state index contributed by atoms with van der Waals surface area (Å²) in [7, 11) is -1.48. The molecule has 1 rings (SSSR count). The van der Waals surface area contributed by atoms with Gasteiger partial charge in [-0.2, -0.15) is 0 Å². The van der Waals surface area contributed by atoms with Gasteiger partial charge >= 0.3 is 0 Å². The van der Waals surface area contributed by atoms with Crippen molar-refractivity contribution in [2.24, 2.45) is 0 Å². The minimum Gasteiger partial charge on any atom is -0.385 e. The molecule has 102 valence electrons. The third-order valence-corrected chi connectivity index (χ3v) is 4.61. The molecule has 0 saturated heterocycles. The van der Waals surface area contributed by atoms with Gasteiger partial charge in [-0.15, -0.1) is 0 Å². The van der Waals surface area contributed by atoms with E-state index in [-0.39, 0.29) is 5.75 Å². The topological polar surface area (TPSA) is 62.3 Å². The molecule has 0 saturated carbocycles. The average molecular weight is 292 g/mol. The Kier molecular flexibility index (Phi) is 5.84. The van der Waals surface area contributed by atoms with Crippen LogP contribution in [0.25, 0.3) is 0 Å². The van der Waals surface area contributed by atoms with Crippen LogP contribution in [-0.2, 0) is 10.0 Å². The number of nitrogens with zero attached hydrogens (tertiary/aromatic N) is 2. The molecule has 0 radical (unpaired) electrons. The van der Waals surface area contributed by atoms with E-state index >= 15 is 0 Å². The maximum atomic E-state index is 11.5. The summed E-state index contributed by atoms with van der Waals surface area (Å²) in [5, 5.41) is 3.60. The second-order valence-corrected chi connectivity index (χ2v) is 6.62. The van der Waals surface area contributed by atoms with Gasteiger partial charge in [-0.25, -0.2) is 17.7 Å². The number of sulfonamides is 1. The van der Waals surface area contributed by atoms with Gasteiger partial charge in [0.15, 0.2) is 0 Å². The van der Waals surface area contributed by atoms with Crippen molar-refractivity contribution in [3.8, 4) is 0 Å². The second-order valence-electron chi connectivity index (χ2n) is 3.87. The van der Waals surface area contributed by atoms with E-state index in [4.69, 9.17) is 11.6 Å². The van der Waals surface area contributed by atoms with Crippen molar-refractivity contribution < 1.29 is 8.42 Å². The van der Waals surface area contributed by atoms with E-state index in [0.717, 1.165) is 12.1 Å². The second kappa shape index (κ2) is 6.92. The lowest BCUT2D eigenvalue weighted by molar-refractivity contribution is 0.466. The van der Waals surface area contributed by atoms with Crippen LogP contribution >= 0.6 is 11.6 Å². The van der Waals surface area contributed by atoms with Crippen LogP contribution in [0.3, 0.4) is 0 Å². The van der Waals surface area contributed by atoms with Crippen LogP contribution < -0.4 is 5.32 Å². The number of aromatic nitrogens is 1. The van der Waals surface area contributed by atoms with Gasteiger partial charge in [0.1, 0.15) is 5.15 Å². The van der Waals surface area contributed by atoms with Gasteiger partial charge in [0, 0.05) is 32.0 Å². The first-order valence-electron chi connectivity index (χ1n) is 5.75. The van der Waals surface area contributed by atoms with Crippen molar-refractivity contribution in [2.45, 2.75) is 13.3 Å². The summed E-state index contributed by atoms with van der Waals surface area (Å²) in [6.07, 6.45) is 2.36. The standard InChI is InChI=1S/C11H18ClN3O2S/c1-3-18(16,17)15(2)8-4-6-13-10-5-7-14-11(12)9-10/h5,7,9H,3-4,6,8H2,1-2H3,(H,13,14). The van der Waals surface area contributed by atoms with Gasteiger partial charge in [0.25, 0.3) is 0 Å². The fourth-order valence-corrected chi connectivity index (χ4v) is 2.43. The highest BCUT2D eigenvalue weighted by molar-refractivity contribution is 7.89. The Bertz CT molecular complexity index is 479. The van der Waals surface area contributed by atoms with Crippen LogP contribution in [0.15, 0.2) is 18.3 Å². The summed E-state index contributed by atoms with van der Waals surface area (Å²) in [6.45, 7) is 2.83. The summed E-state index contributed by atoms with van der Waals surface area (Å²) in [5.74, 6) is 0.136. The molecule has 5 nitrogen and oxygen atoms in total. The monoisotopic (exact) mass is 291 g/mol. The van der Waals surface area contributed by atoms with Crippen LogP contribution in [0.4, 0.5) is 5.69 Å². The minimum absolute atomic E-state index is 0.136. The molecule has 1 heterocycles. The molecule has 0 aliphatic rings. The van der Waals surface area contributed by atoms with Gasteiger partial charge in [0.05, 0.1) is 5.75 Å². The van der Waals surface area contributed by atoms with Crippen molar-refractivity contribution >= 4 is 27.3 Å². The zero-order valence-corrected chi connectivity index (χ0v) is 12.1. The Labute approximate surface area is 113 Å². The number of pyridine rings is 1. The van der Waals surface area contributed by atoms with Crippen molar-refractivity contribution in [1.82, 2.24) is 9.29 Å². The zero-order valence-electron chi connectivity index (χ0n) is 10.6. The molecule has 0 amide bonds. The van der Waals surface area contributed by atoms with Crippen molar-refractivity contribution in [2.75, 3.05) is 31.2 Å². The van der Waals surface area contributed by atoms with Crippen LogP contribution in [0.5, 0.6) is 0 Å². The number of nitrogens with one attached hydrogen (secondary N) is 1. The number of rotatable bonds is 7. The summed E-state index contributed by atoms with van der Waals surface area (Å²) in [6, 6.07) is 3.55. The fraction of sp³-hybridized carbons (Fsp3) is 0.545. The van der Waals surface area contributed by atoms with E-state index in [9.17, 15) is 8.42 Å². The number of hydrogen-bond donors (Lipinski definition) is 1. The first kappa shape index (κ1) is 15.2. The fourth-order valence-electron chi connectivity index (χ4n) is 1.41. The Morgan fingerprint density at radius 1 is 1.50 bits per heavy atom. The van der Waals surface area contributed by atoms with E-state index in [2.05, 4.69) is 10.3 Å². The SMILES string of the molecule is CCS(=O)(=O)N(C)CCCNc1ccnc(Cl)c1. The smallest absolute Gasteiger partial charge is 0.213 e. The third kappa shape index (κ3) is 4.80. The van der Waals surface area contributed by atoms with Crippen LogP contribution in [-0.4, -0.2) is 43.6 Å². The molecule has 0 spiro atoms. The maximum Gasteiger partial charge on any atom is 0.213 e. The molecule has 1 aromatic rings. The van der Waals surface area contributed by atoms with Gasteiger partial charge in [-0.3, -0.25) is 0 Å². The van der Waals surface area contributed by atoms with Crippen LogP contribution in [0, 0.1) is 0 Å². The lowest BCUT2D eigenvalue weighted by Gasteiger charge is -2.16. The molecular weight excluding hydrogens is 274 g/mol. The molecule has 0 aliphatic heterocycles. The molecule has 0 unspecified atom stereocenters. The quantitative estimate of drug-likeness (QED) is 0.615. The lowest BCUT2D eigenvalue weighted by Crippen LogP contribution is -2.30. The van der Waals surface area contributed by atoms with Crippen LogP contribution in [0.1, 0.15) is 13.3 Å². The van der Waals surface area contributed by atoms with Crippen molar-refractivity contribution in [1.29, 1.82) is 0 Å². The number of halogens is 1. The van der Waals surface area contributed by atoms with E-state index in [1.165, 1.54) is 4.31 Å². The first-order valence-corrected chi connectivity index (χ1v) is 7.74. The lowest BCUT2D eigenvalue weighted by atomic mass is 10.3. The molecular formula is C11H18ClN3O2S. The van der Waals surface area contributed by atoms with E-state index in [1.54, 1.807) is 26.2 Å². The van der Waals surface area contributed by atoms with Gasteiger partial charge in [0.2, 0.25) is 10.0 Å². The normalized spacial score (nSPS) is 11.8. The summed E-state index contributed by atoms with van der Waals surface area (Å²) in [4.78, 5) is 3.88. The molecule has 0 aliphatic carbocycles. The van der Waals surface area contributed by atoms with Crippen molar-refractivity contribution in [3.63, 3.8) is 0 Å². The molecule has 1 N–H and O–H groups in total. The first-order chi connectivity index (χ1) is 8.45. The predicted molar refractivity (Wildman–Crippen MR) is 74.4 cm³/mol. The average Bonchev–Trinajstić information content (AvgIpc) is 2.34. The molecule has 1 aromatic heterocycles. The molecule has 18 heavy (non-hydrogen) atoms. The minimum atomic E-state index is -3.08. The summed E-state index contributed by atoms with van der Waals surface area (Å²) in [5.41, 5.74) is 0.885. The summed E-state index contributed by atoms with van der Waals surface area (Å²) >= 11 is 5.75. The Hall–Kier alpha value is -0.850. The maximum absolute atomic E-state index is 11.5. The van der Waals surface area contributed by atoms with Gasteiger partial charge in [-0.1, -0.05) is 11.6 Å².